The molecule has 26 heavy (non-hydrogen) atoms. The highest BCUT2D eigenvalue weighted by Gasteiger charge is 2.25. The van der Waals surface area contributed by atoms with Gasteiger partial charge in [0.25, 0.3) is 0 Å². The lowest BCUT2D eigenvalue weighted by atomic mass is 10.1. The second-order valence-corrected chi connectivity index (χ2v) is 6.12. The van der Waals surface area contributed by atoms with Gasteiger partial charge in [-0.1, -0.05) is 19.4 Å². The van der Waals surface area contributed by atoms with Crippen molar-refractivity contribution in [3.05, 3.63) is 34.9 Å². The van der Waals surface area contributed by atoms with Crippen LogP contribution in [0.5, 0.6) is 0 Å². The first-order valence-corrected chi connectivity index (χ1v) is 8.67. The molecule has 6 nitrogen and oxygen atoms in total. The van der Waals surface area contributed by atoms with Crippen LogP contribution in [0.3, 0.4) is 0 Å². The maximum absolute atomic E-state index is 14.5. The number of benzene rings is 1. The third-order valence-corrected chi connectivity index (χ3v) is 4.31. The third kappa shape index (κ3) is 4.91. The topological polar surface area (TPSA) is 59.1 Å². The van der Waals surface area contributed by atoms with Crippen LogP contribution in [0.2, 0.25) is 0 Å². The highest BCUT2D eigenvalue weighted by Crippen LogP contribution is 2.20. The molecule has 1 saturated heterocycles. The van der Waals surface area contributed by atoms with E-state index < -0.39 is 23.2 Å². The molecule has 1 aromatic carbocycles. The standard InChI is InChI=1S/C18H24F2N2O4/c1-3-4-11-26-18(24)22-9-7-21(8-10-22)12-13-5-6-14(19)15(16(13)20)17(23)25-2/h5-6H,3-4,7-12H2,1-2H3. The van der Waals surface area contributed by atoms with Gasteiger partial charge in [-0.05, 0) is 12.5 Å². The van der Waals surface area contributed by atoms with E-state index in [1.54, 1.807) is 4.90 Å². The number of ether oxygens (including phenoxy) is 2. The lowest BCUT2D eigenvalue weighted by Crippen LogP contribution is -2.48. The van der Waals surface area contributed by atoms with Gasteiger partial charge in [-0.15, -0.1) is 0 Å². The van der Waals surface area contributed by atoms with Crippen LogP contribution in [-0.2, 0) is 16.0 Å². The summed E-state index contributed by atoms with van der Waals surface area (Å²) in [4.78, 5) is 27.0. The zero-order valence-corrected chi connectivity index (χ0v) is 15.1. The van der Waals surface area contributed by atoms with E-state index in [4.69, 9.17) is 4.74 Å². The van der Waals surface area contributed by atoms with Gasteiger partial charge in [0.1, 0.15) is 17.2 Å². The average molecular weight is 370 g/mol. The number of rotatable bonds is 6. The van der Waals surface area contributed by atoms with Crippen molar-refractivity contribution in [3.8, 4) is 0 Å². The normalized spacial score (nSPS) is 15.0. The van der Waals surface area contributed by atoms with Gasteiger partial charge in [0.15, 0.2) is 0 Å². The molecule has 144 valence electrons. The van der Waals surface area contributed by atoms with Crippen molar-refractivity contribution in [2.75, 3.05) is 39.9 Å². The molecule has 1 amide bonds. The zero-order valence-electron chi connectivity index (χ0n) is 15.1. The second-order valence-electron chi connectivity index (χ2n) is 6.12. The summed E-state index contributed by atoms with van der Waals surface area (Å²) in [5, 5.41) is 0. The number of carbonyl (C=O) groups is 2. The maximum Gasteiger partial charge on any atom is 0.409 e. The molecule has 1 aliphatic heterocycles. The molecule has 1 aromatic rings. The summed E-state index contributed by atoms with van der Waals surface area (Å²) in [7, 11) is 1.08. The number of unbranched alkanes of at least 4 members (excludes halogenated alkanes) is 1. The highest BCUT2D eigenvalue weighted by molar-refractivity contribution is 5.90. The quantitative estimate of drug-likeness (QED) is 0.569. The van der Waals surface area contributed by atoms with Gasteiger partial charge in [0.2, 0.25) is 0 Å². The van der Waals surface area contributed by atoms with Gasteiger partial charge < -0.3 is 14.4 Å². The molecule has 1 fully saturated rings. The van der Waals surface area contributed by atoms with Crippen LogP contribution >= 0.6 is 0 Å². The Labute approximate surface area is 151 Å². The Morgan fingerprint density at radius 3 is 2.46 bits per heavy atom. The summed E-state index contributed by atoms with van der Waals surface area (Å²) in [6, 6.07) is 2.38. The van der Waals surface area contributed by atoms with Crippen LogP contribution in [-0.4, -0.2) is 61.8 Å². The van der Waals surface area contributed by atoms with Crippen molar-refractivity contribution >= 4 is 12.1 Å². The maximum atomic E-state index is 14.5. The van der Waals surface area contributed by atoms with Gasteiger partial charge in [-0.3, -0.25) is 4.90 Å². The third-order valence-electron chi connectivity index (χ3n) is 4.31. The van der Waals surface area contributed by atoms with Gasteiger partial charge in [-0.25, -0.2) is 18.4 Å². The van der Waals surface area contributed by atoms with E-state index in [1.165, 1.54) is 6.07 Å². The van der Waals surface area contributed by atoms with Gasteiger partial charge in [0, 0.05) is 38.3 Å². The monoisotopic (exact) mass is 370 g/mol. The number of carbonyl (C=O) groups excluding carboxylic acids is 2. The Morgan fingerprint density at radius 2 is 1.85 bits per heavy atom. The number of amides is 1. The summed E-state index contributed by atoms with van der Waals surface area (Å²) in [6.45, 7) is 4.66. The number of hydrogen-bond acceptors (Lipinski definition) is 5. The lowest BCUT2D eigenvalue weighted by Gasteiger charge is -2.34. The predicted molar refractivity (Wildman–Crippen MR) is 90.8 cm³/mol. The van der Waals surface area contributed by atoms with Crippen molar-refractivity contribution in [1.82, 2.24) is 9.80 Å². The number of methoxy groups -OCH3 is 1. The zero-order chi connectivity index (χ0) is 19.1. The molecule has 0 atom stereocenters. The van der Waals surface area contributed by atoms with Gasteiger partial charge >= 0.3 is 12.1 Å². The molecule has 0 aromatic heterocycles. The SMILES string of the molecule is CCCCOC(=O)N1CCN(Cc2ccc(F)c(C(=O)OC)c2F)CC1. The largest absolute Gasteiger partial charge is 0.465 e. The molecule has 0 bridgehead atoms. The summed E-state index contributed by atoms with van der Waals surface area (Å²) in [5.41, 5.74) is -0.464. The van der Waals surface area contributed by atoms with E-state index in [9.17, 15) is 18.4 Å². The summed E-state index contributed by atoms with van der Waals surface area (Å²) in [6.07, 6.45) is 1.45. The van der Waals surface area contributed by atoms with Crippen molar-refractivity contribution in [1.29, 1.82) is 0 Å². The summed E-state index contributed by atoms with van der Waals surface area (Å²) < 4.78 is 37.8. The summed E-state index contributed by atoms with van der Waals surface area (Å²) >= 11 is 0. The first-order valence-electron chi connectivity index (χ1n) is 8.67. The van der Waals surface area contributed by atoms with Crippen LogP contribution in [0.25, 0.3) is 0 Å². The molecule has 0 N–H and O–H groups in total. The van der Waals surface area contributed by atoms with Crippen molar-refractivity contribution < 1.29 is 27.8 Å². The first kappa shape index (κ1) is 20.1. The van der Waals surface area contributed by atoms with E-state index in [0.717, 1.165) is 26.0 Å². The number of esters is 1. The van der Waals surface area contributed by atoms with Crippen LogP contribution < -0.4 is 0 Å². The average Bonchev–Trinajstić information content (AvgIpc) is 2.64. The Balaban J connectivity index is 1.93. The number of hydrogen-bond donors (Lipinski definition) is 0. The minimum Gasteiger partial charge on any atom is -0.465 e. The fraction of sp³-hybridized carbons (Fsp3) is 0.556. The van der Waals surface area contributed by atoms with E-state index in [-0.39, 0.29) is 18.2 Å². The Hall–Kier alpha value is -2.22. The van der Waals surface area contributed by atoms with Gasteiger partial charge in [0.05, 0.1) is 13.7 Å². The molecule has 0 unspecified atom stereocenters. The van der Waals surface area contributed by atoms with Crippen LogP contribution in [0.4, 0.5) is 13.6 Å². The van der Waals surface area contributed by atoms with E-state index in [2.05, 4.69) is 4.74 Å². The van der Waals surface area contributed by atoms with Crippen LogP contribution in [0.15, 0.2) is 12.1 Å². The molecular weight excluding hydrogens is 346 g/mol. The number of halogens is 2. The second kappa shape index (κ2) is 9.47. The van der Waals surface area contributed by atoms with E-state index in [0.29, 0.717) is 32.8 Å². The molecule has 0 aliphatic carbocycles. The van der Waals surface area contributed by atoms with Crippen LogP contribution in [0.1, 0.15) is 35.7 Å². The number of nitrogens with zero attached hydrogens (tertiary/aromatic N) is 2. The minimum absolute atomic E-state index is 0.214. The first-order chi connectivity index (χ1) is 12.5. The fourth-order valence-corrected chi connectivity index (χ4v) is 2.73. The van der Waals surface area contributed by atoms with E-state index in [1.807, 2.05) is 11.8 Å². The van der Waals surface area contributed by atoms with Crippen molar-refractivity contribution in [2.45, 2.75) is 26.3 Å². The molecule has 1 heterocycles. The highest BCUT2D eigenvalue weighted by atomic mass is 19.1. The minimum atomic E-state index is -1.04. The Morgan fingerprint density at radius 1 is 1.15 bits per heavy atom. The molecule has 2 rings (SSSR count). The molecular formula is C18H24F2N2O4. The van der Waals surface area contributed by atoms with Crippen LogP contribution in [0, 0.1) is 11.6 Å². The molecule has 0 radical (unpaired) electrons. The summed E-state index contributed by atoms with van der Waals surface area (Å²) in [5.74, 6) is -2.89. The van der Waals surface area contributed by atoms with Gasteiger partial charge in [-0.2, -0.15) is 0 Å². The Bertz CT molecular complexity index is 646. The molecule has 1 aliphatic rings. The fourth-order valence-electron chi connectivity index (χ4n) is 2.73. The predicted octanol–water partition coefficient (Wildman–Crippen LogP) is 2.81. The molecule has 0 saturated carbocycles. The van der Waals surface area contributed by atoms with Crippen molar-refractivity contribution in [3.63, 3.8) is 0 Å². The molecule has 0 spiro atoms. The molecule has 8 heteroatoms. The Kier molecular flexibility index (Phi) is 7.32. The smallest absolute Gasteiger partial charge is 0.409 e. The van der Waals surface area contributed by atoms with E-state index >= 15 is 0 Å². The van der Waals surface area contributed by atoms with Crippen molar-refractivity contribution in [2.24, 2.45) is 0 Å². The number of piperazine rings is 1. The lowest BCUT2D eigenvalue weighted by molar-refractivity contribution is 0.0587.